The van der Waals surface area contributed by atoms with Gasteiger partial charge in [0.2, 0.25) is 0 Å². The standard InChI is InChI=1S/C9H6BrF2NO/c10-7-2-1-5(4-13)3-6(7)8(14)9(11)12/h1-3,8-9,14H. The Labute approximate surface area is 87.9 Å². The molecule has 0 heterocycles. The van der Waals surface area contributed by atoms with E-state index in [-0.39, 0.29) is 11.1 Å². The lowest BCUT2D eigenvalue weighted by Crippen LogP contribution is -2.08. The van der Waals surface area contributed by atoms with Gasteiger partial charge in [0, 0.05) is 10.0 Å². The Balaban J connectivity index is 3.13. The molecule has 1 atom stereocenters. The van der Waals surface area contributed by atoms with Gasteiger partial charge in [-0.05, 0) is 18.2 Å². The van der Waals surface area contributed by atoms with Crippen molar-refractivity contribution in [3.63, 3.8) is 0 Å². The molecule has 1 unspecified atom stereocenters. The zero-order valence-corrected chi connectivity index (χ0v) is 8.50. The number of alkyl halides is 2. The van der Waals surface area contributed by atoms with Gasteiger partial charge in [-0.2, -0.15) is 5.26 Å². The minimum absolute atomic E-state index is 0.0269. The van der Waals surface area contributed by atoms with Crippen LogP contribution in [-0.2, 0) is 0 Å². The summed E-state index contributed by atoms with van der Waals surface area (Å²) in [6.45, 7) is 0. The third kappa shape index (κ3) is 2.28. The van der Waals surface area contributed by atoms with Crippen molar-refractivity contribution in [2.24, 2.45) is 0 Å². The fraction of sp³-hybridized carbons (Fsp3) is 0.222. The molecule has 5 heteroatoms. The monoisotopic (exact) mass is 261 g/mol. The van der Waals surface area contributed by atoms with E-state index in [9.17, 15) is 8.78 Å². The first-order valence-electron chi connectivity index (χ1n) is 3.72. The highest BCUT2D eigenvalue weighted by molar-refractivity contribution is 9.10. The van der Waals surface area contributed by atoms with Crippen LogP contribution in [0.5, 0.6) is 0 Å². The molecule has 0 bridgehead atoms. The zero-order chi connectivity index (χ0) is 10.7. The molecule has 0 aliphatic carbocycles. The Bertz CT molecular complexity index is 376. The van der Waals surface area contributed by atoms with E-state index in [4.69, 9.17) is 10.4 Å². The number of hydrogen-bond acceptors (Lipinski definition) is 2. The summed E-state index contributed by atoms with van der Waals surface area (Å²) in [6.07, 6.45) is -4.72. The van der Waals surface area contributed by atoms with Crippen molar-refractivity contribution >= 4 is 15.9 Å². The summed E-state index contributed by atoms with van der Waals surface area (Å²) in [6, 6.07) is 5.98. The van der Waals surface area contributed by atoms with E-state index in [1.54, 1.807) is 0 Å². The van der Waals surface area contributed by atoms with Crippen LogP contribution in [0.3, 0.4) is 0 Å². The van der Waals surface area contributed by atoms with Crippen LogP contribution >= 0.6 is 15.9 Å². The number of nitrogens with zero attached hydrogens (tertiary/aromatic N) is 1. The van der Waals surface area contributed by atoms with Gasteiger partial charge in [-0.1, -0.05) is 15.9 Å². The zero-order valence-electron chi connectivity index (χ0n) is 6.92. The van der Waals surface area contributed by atoms with Gasteiger partial charge in [0.05, 0.1) is 11.6 Å². The van der Waals surface area contributed by atoms with Crippen LogP contribution < -0.4 is 0 Å². The van der Waals surface area contributed by atoms with E-state index in [1.165, 1.54) is 18.2 Å². The van der Waals surface area contributed by atoms with Gasteiger partial charge in [0.25, 0.3) is 6.43 Å². The van der Waals surface area contributed by atoms with Crippen LogP contribution in [0.15, 0.2) is 22.7 Å². The first kappa shape index (κ1) is 11.1. The summed E-state index contributed by atoms with van der Waals surface area (Å²) < 4.78 is 24.7. The fourth-order valence-corrected chi connectivity index (χ4v) is 1.46. The van der Waals surface area contributed by atoms with E-state index in [1.807, 2.05) is 6.07 Å². The SMILES string of the molecule is N#Cc1ccc(Br)c(C(O)C(F)F)c1. The average molecular weight is 262 g/mol. The molecular weight excluding hydrogens is 256 g/mol. The number of hydrogen-bond donors (Lipinski definition) is 1. The molecule has 74 valence electrons. The van der Waals surface area contributed by atoms with Gasteiger partial charge in [0.1, 0.15) is 6.10 Å². The Hall–Kier alpha value is -0.990. The van der Waals surface area contributed by atoms with Crippen LogP contribution in [0, 0.1) is 11.3 Å². The second-order valence-electron chi connectivity index (χ2n) is 2.63. The Morgan fingerprint density at radius 2 is 2.07 bits per heavy atom. The Morgan fingerprint density at radius 1 is 1.43 bits per heavy atom. The minimum atomic E-state index is -2.86. The van der Waals surface area contributed by atoms with E-state index in [0.717, 1.165) is 0 Å². The van der Waals surface area contributed by atoms with Gasteiger partial charge in [-0.3, -0.25) is 0 Å². The van der Waals surface area contributed by atoms with Crippen molar-refractivity contribution in [2.45, 2.75) is 12.5 Å². The maximum atomic E-state index is 12.2. The number of rotatable bonds is 2. The lowest BCUT2D eigenvalue weighted by atomic mass is 10.1. The molecule has 2 nitrogen and oxygen atoms in total. The van der Waals surface area contributed by atoms with Crippen molar-refractivity contribution in [1.82, 2.24) is 0 Å². The number of benzene rings is 1. The summed E-state index contributed by atoms with van der Waals surface area (Å²) in [7, 11) is 0. The summed E-state index contributed by atoms with van der Waals surface area (Å²) >= 11 is 3.03. The van der Waals surface area contributed by atoms with Gasteiger partial charge in [0.15, 0.2) is 0 Å². The molecule has 0 saturated heterocycles. The average Bonchev–Trinajstić information content (AvgIpc) is 2.17. The van der Waals surface area contributed by atoms with E-state index in [2.05, 4.69) is 15.9 Å². The number of aliphatic hydroxyl groups excluding tert-OH is 1. The normalized spacial score (nSPS) is 12.6. The van der Waals surface area contributed by atoms with Crippen molar-refractivity contribution in [1.29, 1.82) is 5.26 Å². The minimum Gasteiger partial charge on any atom is -0.382 e. The molecule has 0 fully saturated rings. The number of halogens is 3. The Kier molecular flexibility index (Phi) is 3.55. The molecule has 0 amide bonds. The van der Waals surface area contributed by atoms with Crippen molar-refractivity contribution in [2.75, 3.05) is 0 Å². The van der Waals surface area contributed by atoms with Crippen LogP contribution in [0.2, 0.25) is 0 Å². The third-order valence-electron chi connectivity index (χ3n) is 1.68. The summed E-state index contributed by atoms with van der Waals surface area (Å²) in [5.74, 6) is 0. The first-order valence-corrected chi connectivity index (χ1v) is 4.51. The summed E-state index contributed by atoms with van der Waals surface area (Å²) in [4.78, 5) is 0. The van der Waals surface area contributed by atoms with Crippen LogP contribution in [0.4, 0.5) is 8.78 Å². The highest BCUT2D eigenvalue weighted by Gasteiger charge is 2.21. The highest BCUT2D eigenvalue weighted by atomic mass is 79.9. The predicted octanol–water partition coefficient (Wildman–Crippen LogP) is 2.62. The van der Waals surface area contributed by atoms with E-state index in [0.29, 0.717) is 4.47 Å². The van der Waals surface area contributed by atoms with Crippen molar-refractivity contribution in [3.8, 4) is 6.07 Å². The molecule has 0 spiro atoms. The van der Waals surface area contributed by atoms with Crippen LogP contribution in [-0.4, -0.2) is 11.5 Å². The maximum absolute atomic E-state index is 12.2. The van der Waals surface area contributed by atoms with Crippen molar-refractivity contribution < 1.29 is 13.9 Å². The number of aliphatic hydroxyl groups is 1. The third-order valence-corrected chi connectivity index (χ3v) is 2.40. The summed E-state index contributed by atoms with van der Waals surface area (Å²) in [5.41, 5.74) is 0.266. The summed E-state index contributed by atoms with van der Waals surface area (Å²) in [5, 5.41) is 17.6. The lowest BCUT2D eigenvalue weighted by molar-refractivity contribution is -0.00619. The van der Waals surface area contributed by atoms with Gasteiger partial charge in [-0.25, -0.2) is 8.78 Å². The lowest BCUT2D eigenvalue weighted by Gasteiger charge is -2.11. The molecule has 0 aromatic heterocycles. The highest BCUT2D eigenvalue weighted by Crippen LogP contribution is 2.28. The molecule has 1 rings (SSSR count). The largest absolute Gasteiger partial charge is 0.382 e. The van der Waals surface area contributed by atoms with Crippen LogP contribution in [0.1, 0.15) is 17.2 Å². The maximum Gasteiger partial charge on any atom is 0.268 e. The first-order chi connectivity index (χ1) is 6.56. The molecule has 1 aromatic carbocycles. The fourth-order valence-electron chi connectivity index (χ4n) is 0.976. The second-order valence-corrected chi connectivity index (χ2v) is 3.48. The quantitative estimate of drug-likeness (QED) is 0.890. The van der Waals surface area contributed by atoms with Crippen molar-refractivity contribution in [3.05, 3.63) is 33.8 Å². The molecule has 1 N–H and O–H groups in total. The van der Waals surface area contributed by atoms with E-state index >= 15 is 0 Å². The van der Waals surface area contributed by atoms with Gasteiger partial charge >= 0.3 is 0 Å². The predicted molar refractivity (Wildman–Crippen MR) is 49.8 cm³/mol. The van der Waals surface area contributed by atoms with E-state index < -0.39 is 12.5 Å². The number of nitriles is 1. The van der Waals surface area contributed by atoms with Gasteiger partial charge < -0.3 is 5.11 Å². The molecule has 0 aliphatic rings. The molecule has 0 saturated carbocycles. The molecule has 14 heavy (non-hydrogen) atoms. The second kappa shape index (κ2) is 4.49. The topological polar surface area (TPSA) is 44.0 Å². The van der Waals surface area contributed by atoms with Gasteiger partial charge in [-0.15, -0.1) is 0 Å². The molecular formula is C9H6BrF2NO. The van der Waals surface area contributed by atoms with Crippen LogP contribution in [0.25, 0.3) is 0 Å². The molecule has 1 aromatic rings. The Morgan fingerprint density at radius 3 is 2.57 bits per heavy atom. The smallest absolute Gasteiger partial charge is 0.268 e. The molecule has 0 radical (unpaired) electrons. The molecule has 0 aliphatic heterocycles.